The molecular formula is C25H20N2O8S. The van der Waals surface area contributed by atoms with Gasteiger partial charge in [0.1, 0.15) is 27.9 Å². The molecule has 10 nitrogen and oxygen atoms in total. The van der Waals surface area contributed by atoms with Crippen molar-refractivity contribution in [1.82, 2.24) is 10.2 Å². The zero-order valence-corrected chi connectivity index (χ0v) is 20.2. The largest absolute Gasteiger partial charge is 0.497 e. The van der Waals surface area contributed by atoms with Crippen molar-refractivity contribution < 1.29 is 38.1 Å². The van der Waals surface area contributed by atoms with Crippen LogP contribution in [0.3, 0.4) is 0 Å². The Morgan fingerprint density at radius 1 is 0.944 bits per heavy atom. The second-order valence-corrected chi connectivity index (χ2v) is 8.42. The molecule has 2 aromatic heterocycles. The van der Waals surface area contributed by atoms with Gasteiger partial charge < -0.3 is 28.5 Å². The topological polar surface area (TPSA) is 145 Å². The van der Waals surface area contributed by atoms with Crippen LogP contribution in [-0.2, 0) is 4.79 Å². The van der Waals surface area contributed by atoms with Crippen LogP contribution in [0, 0.1) is 6.92 Å². The van der Waals surface area contributed by atoms with E-state index in [2.05, 4.69) is 10.2 Å². The summed E-state index contributed by atoms with van der Waals surface area (Å²) in [7, 11) is 3.03. The maximum absolute atomic E-state index is 11.9. The van der Waals surface area contributed by atoms with E-state index in [0.717, 1.165) is 17.3 Å². The Hall–Kier alpha value is -4.51. The number of aromatic nitrogens is 2. The van der Waals surface area contributed by atoms with Gasteiger partial charge in [-0.15, -0.1) is 10.2 Å². The summed E-state index contributed by atoms with van der Waals surface area (Å²) >= 11 is 0.763. The Bertz CT molecular complexity index is 1450. The summed E-state index contributed by atoms with van der Waals surface area (Å²) in [5.74, 6) is -0.394. The number of hydrogen-bond donors (Lipinski definition) is 2. The van der Waals surface area contributed by atoms with E-state index < -0.39 is 11.9 Å². The third kappa shape index (κ3) is 5.41. The first-order valence-electron chi connectivity index (χ1n) is 10.4. The van der Waals surface area contributed by atoms with E-state index in [1.54, 1.807) is 36.4 Å². The lowest BCUT2D eigenvalue weighted by atomic mass is 10.0. The summed E-state index contributed by atoms with van der Waals surface area (Å²) in [6, 6.07) is 13.0. The maximum Gasteiger partial charge on any atom is 0.342 e. The minimum atomic E-state index is -1.22. The number of furan rings is 1. The van der Waals surface area contributed by atoms with Gasteiger partial charge in [-0.2, -0.15) is 0 Å². The summed E-state index contributed by atoms with van der Waals surface area (Å²) in [4.78, 5) is 23.1. The lowest BCUT2D eigenvalue weighted by molar-refractivity contribution is -0.131. The van der Waals surface area contributed by atoms with Crippen molar-refractivity contribution >= 4 is 29.8 Å². The number of benzene rings is 2. The van der Waals surface area contributed by atoms with E-state index in [-0.39, 0.29) is 27.3 Å². The number of methoxy groups -OCH3 is 2. The van der Waals surface area contributed by atoms with Crippen LogP contribution in [0.5, 0.6) is 11.5 Å². The van der Waals surface area contributed by atoms with Crippen LogP contribution in [0.1, 0.15) is 21.7 Å². The van der Waals surface area contributed by atoms with Gasteiger partial charge in [-0.05, 0) is 60.6 Å². The number of aromatic carboxylic acids is 1. The number of ether oxygens (including phenoxy) is 2. The molecule has 0 atom stereocenters. The third-order valence-electron chi connectivity index (χ3n) is 5.06. The second-order valence-electron chi connectivity index (χ2n) is 7.43. The molecule has 0 spiro atoms. The zero-order valence-electron chi connectivity index (χ0n) is 19.3. The van der Waals surface area contributed by atoms with Crippen molar-refractivity contribution in [2.45, 2.75) is 12.1 Å². The molecule has 4 rings (SSSR count). The highest BCUT2D eigenvalue weighted by Crippen LogP contribution is 2.34. The molecule has 0 aliphatic rings. The van der Waals surface area contributed by atoms with Crippen LogP contribution in [0.2, 0.25) is 0 Å². The second kappa shape index (κ2) is 10.4. The van der Waals surface area contributed by atoms with Crippen LogP contribution >= 0.6 is 11.8 Å². The lowest BCUT2D eigenvalue weighted by Gasteiger charge is -2.05. The predicted molar refractivity (Wildman–Crippen MR) is 130 cm³/mol. The third-order valence-corrected chi connectivity index (χ3v) is 5.92. The summed E-state index contributed by atoms with van der Waals surface area (Å²) < 4.78 is 21.9. The number of rotatable bonds is 9. The molecule has 2 N–H and O–H groups in total. The van der Waals surface area contributed by atoms with Gasteiger partial charge >= 0.3 is 11.9 Å². The summed E-state index contributed by atoms with van der Waals surface area (Å²) in [5, 5.41) is 26.9. The smallest absolute Gasteiger partial charge is 0.342 e. The first-order valence-corrected chi connectivity index (χ1v) is 11.2. The molecule has 0 radical (unpaired) electrons. The number of carboxylic acid groups (broad SMARTS) is 2. The molecule has 0 aliphatic heterocycles. The van der Waals surface area contributed by atoms with Gasteiger partial charge in [0.2, 0.25) is 5.89 Å². The van der Waals surface area contributed by atoms with Gasteiger partial charge in [0.25, 0.3) is 5.22 Å². The minimum Gasteiger partial charge on any atom is -0.497 e. The summed E-state index contributed by atoms with van der Waals surface area (Å²) in [6.45, 7) is 1.82. The first kappa shape index (κ1) is 24.6. The molecule has 0 saturated heterocycles. The van der Waals surface area contributed by atoms with E-state index in [1.165, 1.54) is 32.4 Å². The van der Waals surface area contributed by atoms with Gasteiger partial charge in [0, 0.05) is 23.3 Å². The Kier molecular flexibility index (Phi) is 7.11. The average molecular weight is 509 g/mol. The fourth-order valence-corrected chi connectivity index (χ4v) is 3.91. The Labute approximate surface area is 209 Å². The van der Waals surface area contributed by atoms with Crippen LogP contribution < -0.4 is 9.47 Å². The number of nitrogens with zero attached hydrogens (tertiary/aromatic N) is 2. The molecule has 0 bridgehead atoms. The minimum absolute atomic E-state index is 0.0113. The Morgan fingerprint density at radius 3 is 2.31 bits per heavy atom. The quantitative estimate of drug-likeness (QED) is 0.226. The molecule has 11 heteroatoms. The van der Waals surface area contributed by atoms with Gasteiger partial charge in [0.05, 0.1) is 19.8 Å². The summed E-state index contributed by atoms with van der Waals surface area (Å²) in [6.07, 6.45) is 1.32. The van der Waals surface area contributed by atoms with E-state index in [0.29, 0.717) is 28.4 Å². The van der Waals surface area contributed by atoms with Crippen LogP contribution in [-0.4, -0.2) is 46.6 Å². The monoisotopic (exact) mass is 508 g/mol. The molecule has 0 aliphatic carbocycles. The molecule has 0 fully saturated rings. The van der Waals surface area contributed by atoms with E-state index in [4.69, 9.17) is 18.3 Å². The highest BCUT2D eigenvalue weighted by atomic mass is 32.2. The van der Waals surface area contributed by atoms with Crippen molar-refractivity contribution in [3.63, 3.8) is 0 Å². The van der Waals surface area contributed by atoms with Crippen molar-refractivity contribution in [2.24, 2.45) is 0 Å². The maximum atomic E-state index is 11.9. The van der Waals surface area contributed by atoms with Crippen molar-refractivity contribution in [1.29, 1.82) is 0 Å². The molecule has 0 saturated carbocycles. The lowest BCUT2D eigenvalue weighted by Crippen LogP contribution is -1.97. The van der Waals surface area contributed by atoms with E-state index in [9.17, 15) is 19.8 Å². The zero-order chi connectivity index (χ0) is 25.8. The van der Waals surface area contributed by atoms with E-state index in [1.807, 2.05) is 6.92 Å². The summed E-state index contributed by atoms with van der Waals surface area (Å²) in [5.41, 5.74) is 2.06. The van der Waals surface area contributed by atoms with Crippen molar-refractivity contribution in [2.75, 3.05) is 14.2 Å². The number of aryl methyl sites for hydroxylation is 1. The van der Waals surface area contributed by atoms with Crippen molar-refractivity contribution in [3.8, 4) is 34.3 Å². The van der Waals surface area contributed by atoms with Crippen LogP contribution in [0.15, 0.2) is 67.5 Å². The molecular weight excluding hydrogens is 488 g/mol. The van der Waals surface area contributed by atoms with Crippen molar-refractivity contribution in [3.05, 3.63) is 70.3 Å². The number of aliphatic carboxylic acids is 1. The fraction of sp³-hybridized carbons (Fsp3) is 0.120. The average Bonchev–Trinajstić information content (AvgIpc) is 3.53. The number of thioether (sulfide) groups is 1. The Morgan fingerprint density at radius 2 is 1.67 bits per heavy atom. The number of hydrogen-bond acceptors (Lipinski definition) is 9. The molecule has 2 aromatic carbocycles. The molecule has 0 amide bonds. The van der Waals surface area contributed by atoms with Crippen LogP contribution in [0.25, 0.3) is 28.9 Å². The first-order chi connectivity index (χ1) is 17.3. The normalized spacial score (nSPS) is 11.4. The van der Waals surface area contributed by atoms with Gasteiger partial charge in [0.15, 0.2) is 0 Å². The standard InChI is InChI=1S/C25H20N2O8S/c1-13-4-5-14(23(28)29)10-19(13)20-7-6-16(34-20)12-21(24(30)31)36-25-27-26-22(35-25)15-8-17(32-2)11-18(9-15)33-3/h4-12H,1-3H3,(H,28,29)(H,30,31)/b21-12-. The SMILES string of the molecule is COc1cc(OC)cc(-c2nnc(S/C(=C\c3ccc(-c4cc(C(=O)O)ccc4C)o3)C(=O)O)o2)c1. The molecule has 184 valence electrons. The highest BCUT2D eigenvalue weighted by molar-refractivity contribution is 8.03. The predicted octanol–water partition coefficient (Wildman–Crippen LogP) is 5.24. The van der Waals surface area contributed by atoms with E-state index >= 15 is 0 Å². The van der Waals surface area contributed by atoms with Gasteiger partial charge in [-0.3, -0.25) is 0 Å². The van der Waals surface area contributed by atoms with Gasteiger partial charge in [-0.1, -0.05) is 6.07 Å². The number of carboxylic acids is 2. The Balaban J connectivity index is 1.59. The molecule has 36 heavy (non-hydrogen) atoms. The van der Waals surface area contributed by atoms with Crippen LogP contribution in [0.4, 0.5) is 0 Å². The van der Waals surface area contributed by atoms with Gasteiger partial charge in [-0.25, -0.2) is 9.59 Å². The molecule has 4 aromatic rings. The molecule has 2 heterocycles. The fourth-order valence-electron chi connectivity index (χ4n) is 3.25. The highest BCUT2D eigenvalue weighted by Gasteiger charge is 2.18. The molecule has 0 unspecified atom stereocenters. The number of carbonyl (C=O) groups is 2.